The first-order valence-electron chi connectivity index (χ1n) is 19.0. The Balaban J connectivity index is 0.000000327. The fraction of sp³-hybridized carbons (Fsp3) is 0.395. The van der Waals surface area contributed by atoms with Crippen LogP contribution in [-0.4, -0.2) is 62.7 Å². The molecule has 4 aromatic rings. The number of alkyl halides is 6. The topological polar surface area (TPSA) is 167 Å². The van der Waals surface area contributed by atoms with E-state index in [1.165, 1.54) is 55.5 Å². The number of nitrogens with one attached hydrogen (secondary N) is 2. The molecule has 0 aliphatic heterocycles. The third kappa shape index (κ3) is 12.9. The quantitative estimate of drug-likeness (QED) is 0.0921. The van der Waals surface area contributed by atoms with Gasteiger partial charge in [0, 0.05) is 24.2 Å². The molecule has 10 nitrogen and oxygen atoms in total. The van der Waals surface area contributed by atoms with Crippen molar-refractivity contribution in [3.8, 4) is 0 Å². The maximum atomic E-state index is 13.6. The highest BCUT2D eigenvalue weighted by molar-refractivity contribution is 7.91. The third-order valence-electron chi connectivity index (χ3n) is 9.72. The van der Waals surface area contributed by atoms with Crippen molar-refractivity contribution in [1.29, 1.82) is 0 Å². The summed E-state index contributed by atoms with van der Waals surface area (Å²) in [6.07, 6.45) is -10.8. The minimum atomic E-state index is -4.87. The average Bonchev–Trinajstić information content (AvgIpc) is 3.20. The highest BCUT2D eigenvalue weighted by Gasteiger charge is 2.56. The Morgan fingerprint density at radius 2 is 0.836 bits per heavy atom. The number of hydrogen-bond donors (Lipinski definition) is 4. The Kier molecular flexibility index (Phi) is 16.2. The Labute approximate surface area is 352 Å². The van der Waals surface area contributed by atoms with Gasteiger partial charge in [-0.3, -0.25) is 9.59 Å². The van der Waals surface area contributed by atoms with Gasteiger partial charge in [0.05, 0.1) is 21.3 Å². The van der Waals surface area contributed by atoms with E-state index in [0.29, 0.717) is 11.1 Å². The molecule has 2 amide bonds. The average molecular weight is 901 g/mol. The Bertz CT molecular complexity index is 2330. The molecule has 0 aliphatic rings. The summed E-state index contributed by atoms with van der Waals surface area (Å²) in [6, 6.07) is 21.4. The van der Waals surface area contributed by atoms with Crippen molar-refractivity contribution < 1.29 is 63.0 Å². The summed E-state index contributed by atoms with van der Waals surface area (Å²) in [5.74, 6) is -1.04. The fourth-order valence-corrected chi connectivity index (χ4v) is 7.80. The first kappa shape index (κ1) is 50.6. The predicted octanol–water partition coefficient (Wildman–Crippen LogP) is 8.17. The molecule has 0 heterocycles. The number of benzene rings is 4. The van der Waals surface area contributed by atoms with E-state index < -0.39 is 73.3 Å². The molecule has 0 saturated carbocycles. The van der Waals surface area contributed by atoms with Gasteiger partial charge in [0.25, 0.3) is 11.8 Å². The van der Waals surface area contributed by atoms with Gasteiger partial charge in [-0.05, 0) is 89.0 Å². The van der Waals surface area contributed by atoms with Crippen molar-refractivity contribution in [1.82, 2.24) is 10.6 Å². The lowest BCUT2D eigenvalue weighted by Gasteiger charge is -2.36. The molecule has 2 unspecified atom stereocenters. The Morgan fingerprint density at radius 3 is 1.10 bits per heavy atom. The van der Waals surface area contributed by atoms with E-state index in [9.17, 15) is 63.0 Å². The Hall–Kier alpha value is -4.78. The Morgan fingerprint density at radius 1 is 0.525 bits per heavy atom. The molecule has 4 N–H and O–H groups in total. The molecule has 4 rings (SSSR count). The van der Waals surface area contributed by atoms with Crippen molar-refractivity contribution in [2.24, 2.45) is 5.41 Å². The van der Waals surface area contributed by atoms with Gasteiger partial charge in [-0.2, -0.15) is 26.3 Å². The van der Waals surface area contributed by atoms with Gasteiger partial charge < -0.3 is 20.8 Å². The van der Waals surface area contributed by atoms with Gasteiger partial charge in [0.15, 0.2) is 30.9 Å². The maximum absolute atomic E-state index is 13.6. The van der Waals surface area contributed by atoms with Crippen LogP contribution < -0.4 is 10.6 Å². The molecule has 18 heteroatoms. The van der Waals surface area contributed by atoms with Crippen LogP contribution in [-0.2, 0) is 44.0 Å². The second-order valence-electron chi connectivity index (χ2n) is 15.4. The molecule has 0 radical (unpaired) electrons. The highest BCUT2D eigenvalue weighted by Crippen LogP contribution is 2.46. The lowest BCUT2D eigenvalue weighted by Crippen LogP contribution is -2.45. The van der Waals surface area contributed by atoms with E-state index in [4.69, 9.17) is 0 Å². The number of sulfone groups is 2. The minimum absolute atomic E-state index is 0.0133. The van der Waals surface area contributed by atoms with Crippen molar-refractivity contribution in [2.45, 2.75) is 101 Å². The molecular formula is C43H50F6N2O8S2. The number of aliphatic hydroxyl groups is 2. The van der Waals surface area contributed by atoms with Gasteiger partial charge >= 0.3 is 12.4 Å². The van der Waals surface area contributed by atoms with Crippen molar-refractivity contribution in [3.05, 3.63) is 130 Å². The van der Waals surface area contributed by atoms with E-state index in [2.05, 4.69) is 10.6 Å². The second kappa shape index (κ2) is 19.5. The molecule has 2 atom stereocenters. The lowest BCUT2D eigenvalue weighted by molar-refractivity contribution is -0.276. The van der Waals surface area contributed by atoms with Crippen LogP contribution in [0.4, 0.5) is 26.3 Å². The van der Waals surface area contributed by atoms with Crippen LogP contribution in [0.1, 0.15) is 97.4 Å². The maximum Gasteiger partial charge on any atom is 0.421 e. The van der Waals surface area contributed by atoms with Crippen LogP contribution in [0.2, 0.25) is 0 Å². The molecule has 0 fully saturated rings. The van der Waals surface area contributed by atoms with Gasteiger partial charge in [-0.1, -0.05) is 90.1 Å². The van der Waals surface area contributed by atoms with Gasteiger partial charge in [0.2, 0.25) is 0 Å². The normalized spacial score (nSPS) is 14.5. The minimum Gasteiger partial charge on any atom is -0.376 e. The summed E-state index contributed by atoms with van der Waals surface area (Å²) >= 11 is 0. The summed E-state index contributed by atoms with van der Waals surface area (Å²) in [5, 5.41) is 25.7. The first-order valence-corrected chi connectivity index (χ1v) is 22.3. The summed E-state index contributed by atoms with van der Waals surface area (Å²) < 4.78 is 128. The van der Waals surface area contributed by atoms with E-state index >= 15 is 0 Å². The predicted molar refractivity (Wildman–Crippen MR) is 218 cm³/mol. The zero-order chi connectivity index (χ0) is 46.2. The van der Waals surface area contributed by atoms with E-state index in [0.717, 1.165) is 24.3 Å². The molecule has 0 aromatic heterocycles. The SMILES string of the molecule is CCC(O)(c1ccc(C(=O)NCc2ccc(S(=O)(=O)CC)cc2)cc1)C(F)(F)F.CCS(=O)(=O)c1ccc(CNC(=O)c2ccc(C(O)(CC(C)(C)C)C(F)(F)F)cc2)cc1. The van der Waals surface area contributed by atoms with Crippen LogP contribution in [0.3, 0.4) is 0 Å². The van der Waals surface area contributed by atoms with Gasteiger partial charge in [-0.15, -0.1) is 0 Å². The van der Waals surface area contributed by atoms with Crippen molar-refractivity contribution in [2.75, 3.05) is 11.5 Å². The number of carbonyl (C=O) groups is 2. The van der Waals surface area contributed by atoms with Crippen LogP contribution in [0.15, 0.2) is 107 Å². The van der Waals surface area contributed by atoms with Gasteiger partial charge in [-0.25, -0.2) is 16.8 Å². The zero-order valence-corrected chi connectivity index (χ0v) is 36.0. The summed E-state index contributed by atoms with van der Waals surface area (Å²) in [5.41, 5.74) is -5.83. The van der Waals surface area contributed by atoms with E-state index in [-0.39, 0.29) is 56.6 Å². The molecule has 334 valence electrons. The highest BCUT2D eigenvalue weighted by atomic mass is 32.2. The molecule has 61 heavy (non-hydrogen) atoms. The van der Waals surface area contributed by atoms with Crippen molar-refractivity contribution in [3.63, 3.8) is 0 Å². The van der Waals surface area contributed by atoms with Gasteiger partial charge in [0.1, 0.15) is 0 Å². The standard InChI is InChI=1S/C23H28F3NO4S.C20H22F3NO4S/c1-5-32(30,31)19-12-6-16(7-13-19)14-27-20(28)17-8-10-18(11-9-17)22(29,23(24,25)26)15-21(2,3)4;1-3-19(26,20(21,22)23)16-9-7-15(8-10-16)18(25)24-13-14-5-11-17(12-6-14)29(27,28)4-2/h6-13,29H,5,14-15H2,1-4H3,(H,27,28);5-12,26H,3-4,13H2,1-2H3,(H,24,25). The van der Waals surface area contributed by atoms with Crippen LogP contribution in [0.25, 0.3) is 0 Å². The number of rotatable bonds is 14. The molecule has 0 spiro atoms. The monoisotopic (exact) mass is 900 g/mol. The van der Waals surface area contributed by atoms with Crippen LogP contribution in [0.5, 0.6) is 0 Å². The summed E-state index contributed by atoms with van der Waals surface area (Å²) in [7, 11) is -6.62. The van der Waals surface area contributed by atoms with E-state index in [1.807, 2.05) is 0 Å². The molecule has 0 aliphatic carbocycles. The number of hydrogen-bond acceptors (Lipinski definition) is 8. The fourth-order valence-electron chi connectivity index (χ4n) is 6.03. The zero-order valence-electron chi connectivity index (χ0n) is 34.4. The van der Waals surface area contributed by atoms with Crippen LogP contribution >= 0.6 is 0 Å². The number of halogens is 6. The van der Waals surface area contributed by atoms with E-state index in [1.54, 1.807) is 58.9 Å². The molecule has 0 bridgehead atoms. The molecule has 0 saturated heterocycles. The number of carbonyl (C=O) groups excluding carboxylic acids is 2. The largest absolute Gasteiger partial charge is 0.421 e. The number of amides is 2. The first-order chi connectivity index (χ1) is 28.0. The lowest BCUT2D eigenvalue weighted by atomic mass is 9.77. The molecular weight excluding hydrogens is 851 g/mol. The molecule has 4 aromatic carbocycles. The summed E-state index contributed by atoms with van der Waals surface area (Å²) in [6.45, 7) is 9.38. The summed E-state index contributed by atoms with van der Waals surface area (Å²) in [4.78, 5) is 25.0. The second-order valence-corrected chi connectivity index (χ2v) is 20.0. The third-order valence-corrected chi connectivity index (χ3v) is 13.2. The smallest absolute Gasteiger partial charge is 0.376 e. The van der Waals surface area contributed by atoms with Crippen molar-refractivity contribution >= 4 is 31.5 Å². The van der Waals surface area contributed by atoms with Crippen LogP contribution in [0, 0.1) is 5.41 Å².